The molecule has 0 saturated heterocycles. The molecule has 26 heavy (non-hydrogen) atoms. The molecular formula is C20H24N2O4. The molecule has 138 valence electrons. The van der Waals surface area contributed by atoms with Crippen molar-refractivity contribution in [3.63, 3.8) is 0 Å². The molecule has 0 aliphatic carbocycles. The highest BCUT2D eigenvalue weighted by molar-refractivity contribution is 6.00. The van der Waals surface area contributed by atoms with Crippen LogP contribution in [0.4, 0.5) is 5.69 Å². The number of nitrogens with one attached hydrogen (secondary N) is 1. The van der Waals surface area contributed by atoms with Gasteiger partial charge in [-0.25, -0.2) is 0 Å². The number of benzene rings is 1. The number of furan rings is 1. The van der Waals surface area contributed by atoms with Gasteiger partial charge in [0.2, 0.25) is 5.91 Å². The lowest BCUT2D eigenvalue weighted by molar-refractivity contribution is -0.125. The average Bonchev–Trinajstić information content (AvgIpc) is 3.14. The molecule has 0 radical (unpaired) electrons. The molecule has 2 unspecified atom stereocenters. The van der Waals surface area contributed by atoms with Gasteiger partial charge in [0.15, 0.2) is 6.10 Å². The second-order valence-corrected chi connectivity index (χ2v) is 6.55. The lowest BCUT2D eigenvalue weighted by atomic mass is 10.1. The standard InChI is InChI=1S/C20H24N2O4/c1-14(9-10-16-6-5-13-25-16)21-19(23)11-12-22-17-7-3-4-8-18(17)26-15(2)20(22)24/h3-8,13-15H,9-12H2,1-2H3,(H,21,23). The minimum absolute atomic E-state index is 0.0409. The van der Waals surface area contributed by atoms with Gasteiger partial charge in [0.25, 0.3) is 5.91 Å². The van der Waals surface area contributed by atoms with E-state index in [1.807, 2.05) is 43.3 Å². The van der Waals surface area contributed by atoms with Crippen molar-refractivity contribution in [3.8, 4) is 5.75 Å². The van der Waals surface area contributed by atoms with Gasteiger partial charge in [0.05, 0.1) is 12.0 Å². The SMILES string of the molecule is CC(CCc1ccco1)NC(=O)CCN1C(=O)C(C)Oc2ccccc21. The van der Waals surface area contributed by atoms with E-state index < -0.39 is 6.10 Å². The monoisotopic (exact) mass is 356 g/mol. The van der Waals surface area contributed by atoms with Crippen LogP contribution in [0.2, 0.25) is 0 Å². The Morgan fingerprint density at radius 3 is 2.85 bits per heavy atom. The van der Waals surface area contributed by atoms with Crippen molar-refractivity contribution >= 4 is 17.5 Å². The number of nitrogens with zero attached hydrogens (tertiary/aromatic N) is 1. The van der Waals surface area contributed by atoms with E-state index in [4.69, 9.17) is 9.15 Å². The van der Waals surface area contributed by atoms with Crippen molar-refractivity contribution in [2.45, 2.75) is 45.3 Å². The zero-order valence-corrected chi connectivity index (χ0v) is 15.1. The summed E-state index contributed by atoms with van der Waals surface area (Å²) in [4.78, 5) is 26.3. The van der Waals surface area contributed by atoms with Crippen LogP contribution in [0.25, 0.3) is 0 Å². The van der Waals surface area contributed by atoms with Gasteiger partial charge in [-0.3, -0.25) is 9.59 Å². The van der Waals surface area contributed by atoms with Gasteiger partial charge in [-0.15, -0.1) is 0 Å². The van der Waals surface area contributed by atoms with E-state index in [2.05, 4.69) is 5.32 Å². The van der Waals surface area contributed by atoms with Gasteiger partial charge >= 0.3 is 0 Å². The zero-order valence-electron chi connectivity index (χ0n) is 15.1. The Kier molecular flexibility index (Phi) is 5.61. The molecule has 0 bridgehead atoms. The van der Waals surface area contributed by atoms with Crippen LogP contribution < -0.4 is 15.0 Å². The van der Waals surface area contributed by atoms with Crippen LogP contribution in [-0.4, -0.2) is 30.5 Å². The topological polar surface area (TPSA) is 71.8 Å². The molecule has 0 fully saturated rings. The van der Waals surface area contributed by atoms with E-state index in [9.17, 15) is 9.59 Å². The number of ether oxygens (including phenoxy) is 1. The summed E-state index contributed by atoms with van der Waals surface area (Å²) in [5, 5.41) is 2.98. The summed E-state index contributed by atoms with van der Waals surface area (Å²) in [6, 6.07) is 11.2. The minimum Gasteiger partial charge on any atom is -0.479 e. The highest BCUT2D eigenvalue weighted by Crippen LogP contribution is 2.33. The molecule has 0 saturated carbocycles. The number of anilines is 1. The number of hydrogen-bond acceptors (Lipinski definition) is 4. The van der Waals surface area contributed by atoms with Crippen LogP contribution in [0.1, 0.15) is 32.4 Å². The largest absolute Gasteiger partial charge is 0.479 e. The predicted molar refractivity (Wildman–Crippen MR) is 98.1 cm³/mol. The van der Waals surface area contributed by atoms with Crippen LogP contribution in [0.15, 0.2) is 47.1 Å². The van der Waals surface area contributed by atoms with E-state index in [1.54, 1.807) is 18.1 Å². The molecule has 1 N–H and O–H groups in total. The first-order valence-corrected chi connectivity index (χ1v) is 8.93. The second kappa shape index (κ2) is 8.08. The fraction of sp³-hybridized carbons (Fsp3) is 0.400. The number of fused-ring (bicyclic) bond motifs is 1. The van der Waals surface area contributed by atoms with Crippen LogP contribution in [-0.2, 0) is 16.0 Å². The molecule has 2 aromatic rings. The van der Waals surface area contributed by atoms with E-state index in [0.29, 0.717) is 18.0 Å². The summed E-state index contributed by atoms with van der Waals surface area (Å²) < 4.78 is 10.9. The van der Waals surface area contributed by atoms with Crippen molar-refractivity contribution in [2.75, 3.05) is 11.4 Å². The van der Waals surface area contributed by atoms with Crippen LogP contribution in [0.5, 0.6) is 5.75 Å². The summed E-state index contributed by atoms with van der Waals surface area (Å²) in [7, 11) is 0. The van der Waals surface area contributed by atoms with Crippen molar-refractivity contribution in [1.82, 2.24) is 5.32 Å². The first kappa shape index (κ1) is 18.0. The Labute approximate surface area is 153 Å². The van der Waals surface area contributed by atoms with Crippen molar-refractivity contribution in [1.29, 1.82) is 0 Å². The zero-order chi connectivity index (χ0) is 18.5. The highest BCUT2D eigenvalue weighted by Gasteiger charge is 2.31. The van der Waals surface area contributed by atoms with Gasteiger partial charge in [-0.2, -0.15) is 0 Å². The molecule has 3 rings (SSSR count). The first-order valence-electron chi connectivity index (χ1n) is 8.93. The molecule has 1 aliphatic rings. The second-order valence-electron chi connectivity index (χ2n) is 6.55. The third-order valence-corrected chi connectivity index (χ3v) is 4.45. The lowest BCUT2D eigenvalue weighted by Crippen LogP contribution is -2.46. The summed E-state index contributed by atoms with van der Waals surface area (Å²) in [6.07, 6.45) is 2.94. The number of amides is 2. The van der Waals surface area contributed by atoms with Gasteiger partial charge in [-0.1, -0.05) is 12.1 Å². The number of carbonyl (C=O) groups excluding carboxylic acids is 2. The average molecular weight is 356 g/mol. The molecule has 1 aliphatic heterocycles. The molecule has 6 heteroatoms. The Hall–Kier alpha value is -2.76. The maximum Gasteiger partial charge on any atom is 0.267 e. The van der Waals surface area contributed by atoms with Crippen LogP contribution in [0.3, 0.4) is 0 Å². The minimum atomic E-state index is -0.541. The molecule has 2 atom stereocenters. The van der Waals surface area contributed by atoms with Crippen molar-refractivity contribution in [2.24, 2.45) is 0 Å². The molecule has 6 nitrogen and oxygen atoms in total. The molecule has 2 heterocycles. The van der Waals surface area contributed by atoms with Crippen molar-refractivity contribution in [3.05, 3.63) is 48.4 Å². The third-order valence-electron chi connectivity index (χ3n) is 4.45. The third kappa shape index (κ3) is 4.25. The molecule has 2 amide bonds. The van der Waals surface area contributed by atoms with Gasteiger partial charge in [0.1, 0.15) is 11.5 Å². The number of aryl methyl sites for hydroxylation is 1. The number of rotatable bonds is 7. The first-order chi connectivity index (χ1) is 12.5. The Bertz CT molecular complexity index is 757. The summed E-state index contributed by atoms with van der Waals surface area (Å²) in [5.74, 6) is 1.39. The van der Waals surface area contributed by atoms with E-state index in [0.717, 1.165) is 18.6 Å². The Morgan fingerprint density at radius 2 is 2.08 bits per heavy atom. The summed E-state index contributed by atoms with van der Waals surface area (Å²) in [6.45, 7) is 4.03. The molecule has 1 aromatic carbocycles. The normalized spacial score (nSPS) is 17.4. The smallest absolute Gasteiger partial charge is 0.267 e. The maximum atomic E-state index is 12.4. The quantitative estimate of drug-likeness (QED) is 0.828. The Morgan fingerprint density at radius 1 is 1.27 bits per heavy atom. The Balaban J connectivity index is 1.51. The van der Waals surface area contributed by atoms with Gasteiger partial charge in [0, 0.05) is 25.4 Å². The maximum absolute atomic E-state index is 12.4. The fourth-order valence-electron chi connectivity index (χ4n) is 3.04. The summed E-state index contributed by atoms with van der Waals surface area (Å²) >= 11 is 0. The number of hydrogen-bond donors (Lipinski definition) is 1. The van der Waals surface area contributed by atoms with Crippen LogP contribution >= 0.6 is 0 Å². The summed E-state index contributed by atoms with van der Waals surface area (Å²) in [5.41, 5.74) is 0.717. The van der Waals surface area contributed by atoms with E-state index in [-0.39, 0.29) is 24.3 Å². The van der Waals surface area contributed by atoms with Gasteiger partial charge < -0.3 is 19.4 Å². The number of carbonyl (C=O) groups is 2. The van der Waals surface area contributed by atoms with Crippen molar-refractivity contribution < 1.29 is 18.7 Å². The molecule has 1 aromatic heterocycles. The van der Waals surface area contributed by atoms with E-state index in [1.165, 1.54) is 0 Å². The lowest BCUT2D eigenvalue weighted by Gasteiger charge is -2.32. The predicted octanol–water partition coefficient (Wildman–Crippen LogP) is 2.92. The van der Waals surface area contributed by atoms with Crippen LogP contribution in [0, 0.1) is 0 Å². The molecule has 0 spiro atoms. The van der Waals surface area contributed by atoms with E-state index >= 15 is 0 Å². The number of para-hydroxylation sites is 2. The highest BCUT2D eigenvalue weighted by atomic mass is 16.5. The van der Waals surface area contributed by atoms with Gasteiger partial charge in [-0.05, 0) is 44.5 Å². The molecular weight excluding hydrogens is 332 g/mol. The fourth-order valence-corrected chi connectivity index (χ4v) is 3.04.